The number of halogens is 3. The first-order valence-corrected chi connectivity index (χ1v) is 9.65. The van der Waals surface area contributed by atoms with Crippen molar-refractivity contribution in [1.29, 1.82) is 0 Å². The van der Waals surface area contributed by atoms with Crippen molar-refractivity contribution < 1.29 is 40.0 Å². The minimum absolute atomic E-state index is 0.307. The van der Waals surface area contributed by atoms with E-state index in [4.69, 9.17) is 7.94 Å². The van der Waals surface area contributed by atoms with Crippen LogP contribution >= 0.6 is 31.7 Å². The highest BCUT2D eigenvalue weighted by Crippen LogP contribution is 2.53. The zero-order chi connectivity index (χ0) is 18.6. The van der Waals surface area contributed by atoms with E-state index >= 15 is 0 Å². The smallest absolute Gasteiger partial charge is 0.385 e. The third-order valence-electron chi connectivity index (χ3n) is 1.72. The van der Waals surface area contributed by atoms with Gasteiger partial charge >= 0.3 is 25.7 Å². The molecule has 0 aromatic rings. The van der Waals surface area contributed by atoms with Gasteiger partial charge in [0.15, 0.2) is 0 Å². The Bertz CT molecular complexity index is 485. The van der Waals surface area contributed by atoms with Crippen molar-refractivity contribution >= 4 is 43.6 Å². The first kappa shape index (κ1) is 23.2. The van der Waals surface area contributed by atoms with Crippen molar-refractivity contribution in [3.63, 3.8) is 0 Å². The molecule has 0 rings (SSSR count). The lowest BCUT2D eigenvalue weighted by molar-refractivity contribution is -0.201. The summed E-state index contributed by atoms with van der Waals surface area (Å²) in [4.78, 5) is 21.6. The van der Waals surface area contributed by atoms with Gasteiger partial charge in [0.05, 0.1) is 6.54 Å². The Balaban J connectivity index is 4.40. The van der Waals surface area contributed by atoms with E-state index in [1.54, 1.807) is 0 Å². The van der Waals surface area contributed by atoms with Crippen molar-refractivity contribution in [2.75, 3.05) is 24.3 Å². The molecule has 0 amide bonds. The van der Waals surface area contributed by atoms with Crippen molar-refractivity contribution in [1.82, 2.24) is 5.32 Å². The van der Waals surface area contributed by atoms with Gasteiger partial charge in [-0.1, -0.05) is 12.2 Å². The molecule has 0 aliphatic rings. The molecule has 0 unspecified atom stereocenters. The molecule has 0 fully saturated rings. The van der Waals surface area contributed by atoms with Crippen molar-refractivity contribution in [3.8, 4) is 0 Å². The summed E-state index contributed by atoms with van der Waals surface area (Å²) in [5.41, 5.74) is 0. The largest absolute Gasteiger partial charge is 0.491 e. The molecule has 0 saturated heterocycles. The van der Waals surface area contributed by atoms with Crippen LogP contribution in [0.15, 0.2) is 25.3 Å². The fraction of sp³-hybridized carbons (Fsp3) is 0.455. The quantitative estimate of drug-likeness (QED) is 0.130. The van der Waals surface area contributed by atoms with Gasteiger partial charge in [0.25, 0.3) is 0 Å². The van der Waals surface area contributed by atoms with Crippen LogP contribution in [-0.4, -0.2) is 42.5 Å². The molecule has 7 nitrogen and oxygen atoms in total. The van der Waals surface area contributed by atoms with Crippen molar-refractivity contribution in [3.05, 3.63) is 25.3 Å². The summed E-state index contributed by atoms with van der Waals surface area (Å²) in [5, 5.41) is 2.25. The van der Waals surface area contributed by atoms with E-state index in [9.17, 15) is 27.3 Å². The van der Waals surface area contributed by atoms with E-state index in [1.165, 1.54) is 12.2 Å². The summed E-state index contributed by atoms with van der Waals surface area (Å²) in [7, 11) is -3.70. The van der Waals surface area contributed by atoms with Crippen LogP contribution in [0.4, 0.5) is 13.2 Å². The van der Waals surface area contributed by atoms with Crippen LogP contribution in [-0.2, 0) is 26.8 Å². The van der Waals surface area contributed by atoms with Gasteiger partial charge in [0.1, 0.15) is 6.29 Å². The molecule has 13 heteroatoms. The average molecular weight is 409 g/mol. The number of hydrogen-bond acceptors (Lipinski definition) is 9. The topological polar surface area (TPSA) is 90.9 Å². The lowest BCUT2D eigenvalue weighted by Crippen LogP contribution is -2.33. The Hall–Kier alpha value is -0.780. The normalized spacial score (nSPS) is 11.8. The summed E-state index contributed by atoms with van der Waals surface area (Å²) in [6, 6.07) is 0. The van der Waals surface area contributed by atoms with E-state index in [0.29, 0.717) is 11.5 Å². The van der Waals surface area contributed by atoms with Crippen LogP contribution in [0.5, 0.6) is 0 Å². The van der Waals surface area contributed by atoms with Crippen LogP contribution < -0.4 is 5.32 Å². The predicted molar refractivity (Wildman–Crippen MR) is 85.1 cm³/mol. The first-order valence-electron chi connectivity index (χ1n) is 6.10. The molecule has 0 heterocycles. The van der Waals surface area contributed by atoms with E-state index in [-0.39, 0.29) is 0 Å². The van der Waals surface area contributed by atoms with Gasteiger partial charge in [-0.25, -0.2) is 12.7 Å². The first-order chi connectivity index (χ1) is 11.1. The third kappa shape index (κ3) is 10.9. The van der Waals surface area contributed by atoms with E-state index in [0.717, 1.165) is 24.1 Å². The third-order valence-corrected chi connectivity index (χ3v) is 5.73. The van der Waals surface area contributed by atoms with Crippen LogP contribution in [0.3, 0.4) is 0 Å². The number of hydrogen-bond donors (Lipinski definition) is 1. The summed E-state index contributed by atoms with van der Waals surface area (Å²) >= 11 is 1.57. The number of nitrogens with one attached hydrogen (secondary N) is 1. The molecule has 0 aromatic heterocycles. The molecule has 0 saturated carbocycles. The van der Waals surface area contributed by atoms with Gasteiger partial charge in [-0.15, -0.1) is 13.2 Å². The SMILES string of the molecule is C=CCSOP(=O)(CNCC(=O)OC(=O)C(F)(F)F)OSCC=C. The number of esters is 2. The Morgan fingerprint density at radius 3 is 2.04 bits per heavy atom. The molecule has 0 spiro atoms. The number of alkyl halides is 3. The summed E-state index contributed by atoms with van der Waals surface area (Å²) in [5.74, 6) is -3.50. The number of carbonyl (C=O) groups excluding carboxylic acids is 2. The maximum absolute atomic E-state index is 12.3. The van der Waals surface area contributed by atoms with E-state index in [1.807, 2.05) is 0 Å². The predicted octanol–water partition coefficient (Wildman–Crippen LogP) is 3.06. The summed E-state index contributed by atoms with van der Waals surface area (Å²) < 4.78 is 61.6. The molecule has 0 aliphatic carbocycles. The fourth-order valence-corrected chi connectivity index (χ4v) is 3.97. The minimum atomic E-state index is -5.28. The molecule has 24 heavy (non-hydrogen) atoms. The standard InChI is InChI=1S/C11H15F3NO6PS2/c1-3-5-23-20-22(18,21-24-6-4-2)8-15-7-9(16)19-10(17)11(12,13)14/h3-4,15H,1-2,5-8H2. The van der Waals surface area contributed by atoms with Gasteiger partial charge < -0.3 is 4.74 Å². The molecular formula is C11H15F3NO6PS2. The molecule has 0 aliphatic heterocycles. The van der Waals surface area contributed by atoms with E-state index < -0.39 is 38.5 Å². The molecule has 0 aromatic carbocycles. The van der Waals surface area contributed by atoms with Gasteiger partial charge in [0.2, 0.25) is 0 Å². The Kier molecular flexibility index (Phi) is 11.3. The van der Waals surface area contributed by atoms with Crippen molar-refractivity contribution in [2.45, 2.75) is 6.18 Å². The number of carbonyl (C=O) groups is 2. The van der Waals surface area contributed by atoms with E-state index in [2.05, 4.69) is 23.2 Å². The average Bonchev–Trinajstić information content (AvgIpc) is 2.47. The molecule has 138 valence electrons. The molecule has 0 atom stereocenters. The Morgan fingerprint density at radius 2 is 1.62 bits per heavy atom. The minimum Gasteiger partial charge on any atom is -0.385 e. The van der Waals surface area contributed by atoms with Crippen molar-refractivity contribution in [2.24, 2.45) is 0 Å². The highest BCUT2D eigenvalue weighted by atomic mass is 32.2. The lowest BCUT2D eigenvalue weighted by atomic mass is 10.6. The second-order valence-corrected chi connectivity index (χ2v) is 7.62. The van der Waals surface area contributed by atoms with Crippen LogP contribution in [0, 0.1) is 0 Å². The molecular weight excluding hydrogens is 394 g/mol. The maximum Gasteiger partial charge on any atom is 0.491 e. The molecule has 0 radical (unpaired) electrons. The van der Waals surface area contributed by atoms with Crippen LogP contribution in [0.2, 0.25) is 0 Å². The zero-order valence-electron chi connectivity index (χ0n) is 12.2. The monoisotopic (exact) mass is 409 g/mol. The summed E-state index contributed by atoms with van der Waals surface area (Å²) in [6.45, 7) is 6.08. The van der Waals surface area contributed by atoms with Gasteiger partial charge in [-0.05, 0) is 0 Å². The highest BCUT2D eigenvalue weighted by Gasteiger charge is 2.42. The maximum atomic E-state index is 12.3. The van der Waals surface area contributed by atoms with Gasteiger partial charge in [0, 0.05) is 35.6 Å². The second-order valence-electron chi connectivity index (χ2n) is 3.75. The Morgan fingerprint density at radius 1 is 1.12 bits per heavy atom. The number of ether oxygens (including phenoxy) is 1. The van der Waals surface area contributed by atoms with Gasteiger partial charge in [-0.2, -0.15) is 13.2 Å². The van der Waals surface area contributed by atoms with Gasteiger partial charge in [-0.3, -0.25) is 14.7 Å². The fourth-order valence-electron chi connectivity index (χ4n) is 0.875. The molecule has 0 bridgehead atoms. The Labute approximate surface area is 145 Å². The van der Waals surface area contributed by atoms with Crippen LogP contribution in [0.1, 0.15) is 0 Å². The summed E-state index contributed by atoms with van der Waals surface area (Å²) in [6.07, 6.45) is -2.80. The second kappa shape index (κ2) is 11.7. The zero-order valence-corrected chi connectivity index (χ0v) is 14.8. The number of rotatable bonds is 12. The molecule has 1 N–H and O–H groups in total. The highest BCUT2D eigenvalue weighted by molar-refractivity contribution is 8.02. The lowest BCUT2D eigenvalue weighted by Gasteiger charge is -2.16. The van der Waals surface area contributed by atoms with Crippen LogP contribution in [0.25, 0.3) is 0 Å².